The van der Waals surface area contributed by atoms with Gasteiger partial charge in [0.15, 0.2) is 5.96 Å². The van der Waals surface area contributed by atoms with Crippen LogP contribution in [0.25, 0.3) is 0 Å². The van der Waals surface area contributed by atoms with Crippen LogP contribution in [0.2, 0.25) is 0 Å². The molecule has 0 aliphatic heterocycles. The van der Waals surface area contributed by atoms with Crippen molar-refractivity contribution in [1.82, 2.24) is 15.2 Å². The van der Waals surface area contributed by atoms with Gasteiger partial charge in [-0.2, -0.15) is 0 Å². The topological polar surface area (TPSA) is 49.8 Å². The van der Waals surface area contributed by atoms with Crippen LogP contribution in [0.4, 0.5) is 0 Å². The summed E-state index contributed by atoms with van der Waals surface area (Å²) in [6.45, 7) is 9.20. The number of halogens is 1. The molecule has 0 radical (unpaired) electrons. The van der Waals surface area contributed by atoms with E-state index in [1.54, 1.807) is 11.3 Å². The van der Waals surface area contributed by atoms with Crippen molar-refractivity contribution in [2.24, 2.45) is 4.99 Å². The number of nitrogens with one attached hydrogen (secondary N) is 1. The summed E-state index contributed by atoms with van der Waals surface area (Å²) in [5, 5.41) is 4.48. The lowest BCUT2D eigenvalue weighted by atomic mass is 10.2. The third kappa shape index (κ3) is 7.49. The number of hydrogen-bond donors (Lipinski definition) is 1. The quantitative estimate of drug-likeness (QED) is 0.348. The summed E-state index contributed by atoms with van der Waals surface area (Å²) < 4.78 is 5.88. The van der Waals surface area contributed by atoms with Crippen molar-refractivity contribution in [2.75, 3.05) is 33.3 Å². The number of guanidine groups is 1. The monoisotopic (exact) mass is 488 g/mol. The molecule has 1 N–H and O–H groups in total. The molecule has 0 aliphatic carbocycles. The molecule has 2 aromatic rings. The molecule has 26 heavy (non-hydrogen) atoms. The van der Waals surface area contributed by atoms with Crippen LogP contribution in [0.15, 0.2) is 35.5 Å². The Balaban J connectivity index is 0.00000338. The maximum atomic E-state index is 5.88. The minimum Gasteiger partial charge on any atom is -0.491 e. The normalized spacial score (nSPS) is 11.0. The molecule has 0 unspecified atom stereocenters. The van der Waals surface area contributed by atoms with Crippen LogP contribution in [-0.4, -0.2) is 49.1 Å². The van der Waals surface area contributed by atoms with Gasteiger partial charge in [-0.25, -0.2) is 4.98 Å². The fraction of sp³-hybridized carbons (Fsp3) is 0.474. The van der Waals surface area contributed by atoms with Crippen LogP contribution in [0.3, 0.4) is 0 Å². The van der Waals surface area contributed by atoms with Crippen LogP contribution in [0.1, 0.15) is 22.4 Å². The maximum Gasteiger partial charge on any atom is 0.193 e. The molecule has 1 aromatic carbocycles. The first-order chi connectivity index (χ1) is 12.1. The predicted octanol–water partition coefficient (Wildman–Crippen LogP) is 3.90. The average molecular weight is 488 g/mol. The molecular formula is C19H29IN4OS. The summed E-state index contributed by atoms with van der Waals surface area (Å²) in [6.07, 6.45) is 2.80. The molecule has 0 aliphatic rings. The van der Waals surface area contributed by atoms with Crippen LogP contribution >= 0.6 is 35.3 Å². The Bertz CT molecular complexity index is 690. The predicted molar refractivity (Wildman–Crippen MR) is 121 cm³/mol. The summed E-state index contributed by atoms with van der Waals surface area (Å²) in [4.78, 5) is 12.4. The number of hydrogen-bond acceptors (Lipinski definition) is 4. The molecule has 5 nitrogen and oxygen atoms in total. The van der Waals surface area contributed by atoms with E-state index in [1.165, 1.54) is 4.88 Å². The number of aliphatic imine (C=N–C) groups is 1. The Morgan fingerprint density at radius 1 is 1.31 bits per heavy atom. The van der Waals surface area contributed by atoms with E-state index in [0.29, 0.717) is 6.61 Å². The number of thiazole rings is 1. The minimum absolute atomic E-state index is 0. The van der Waals surface area contributed by atoms with Gasteiger partial charge in [0.2, 0.25) is 0 Å². The lowest BCUT2D eigenvalue weighted by Crippen LogP contribution is -2.41. The lowest BCUT2D eigenvalue weighted by molar-refractivity contribution is 0.280. The average Bonchev–Trinajstić information content (AvgIpc) is 3.01. The second-order valence-electron chi connectivity index (χ2n) is 5.89. The van der Waals surface area contributed by atoms with Gasteiger partial charge in [-0.1, -0.05) is 18.2 Å². The Morgan fingerprint density at radius 2 is 2.08 bits per heavy atom. The number of aryl methyl sites for hydroxylation is 2. The van der Waals surface area contributed by atoms with Crippen molar-refractivity contribution in [1.29, 1.82) is 0 Å². The van der Waals surface area contributed by atoms with Gasteiger partial charge in [0.25, 0.3) is 0 Å². The molecule has 0 amide bonds. The van der Waals surface area contributed by atoms with Crippen molar-refractivity contribution in [2.45, 2.75) is 27.2 Å². The van der Waals surface area contributed by atoms with Crippen LogP contribution < -0.4 is 10.1 Å². The van der Waals surface area contributed by atoms with Crippen molar-refractivity contribution >= 4 is 41.3 Å². The third-order valence-electron chi connectivity index (χ3n) is 3.73. The van der Waals surface area contributed by atoms with E-state index in [1.807, 2.05) is 31.4 Å². The minimum atomic E-state index is 0. The highest BCUT2D eigenvalue weighted by Crippen LogP contribution is 2.15. The van der Waals surface area contributed by atoms with Gasteiger partial charge < -0.3 is 15.0 Å². The molecule has 2 rings (SSSR count). The second kappa shape index (κ2) is 12.1. The summed E-state index contributed by atoms with van der Waals surface area (Å²) in [5.74, 6) is 1.85. The fourth-order valence-electron chi connectivity index (χ4n) is 2.36. The highest BCUT2D eigenvalue weighted by atomic mass is 127. The largest absolute Gasteiger partial charge is 0.491 e. The first-order valence-electron chi connectivity index (χ1n) is 8.69. The van der Waals surface area contributed by atoms with Gasteiger partial charge in [0.1, 0.15) is 12.4 Å². The Labute approximate surface area is 177 Å². The molecule has 0 atom stereocenters. The van der Waals surface area contributed by atoms with Crippen LogP contribution in [0.5, 0.6) is 5.75 Å². The second-order valence-corrected chi connectivity index (χ2v) is 7.21. The van der Waals surface area contributed by atoms with E-state index in [-0.39, 0.29) is 24.0 Å². The van der Waals surface area contributed by atoms with Gasteiger partial charge in [-0.05, 0) is 32.4 Å². The lowest BCUT2D eigenvalue weighted by Gasteiger charge is -2.22. The van der Waals surface area contributed by atoms with Gasteiger partial charge >= 0.3 is 0 Å². The van der Waals surface area contributed by atoms with Gasteiger partial charge in [-0.3, -0.25) is 4.99 Å². The highest BCUT2D eigenvalue weighted by molar-refractivity contribution is 14.0. The van der Waals surface area contributed by atoms with Gasteiger partial charge in [0, 0.05) is 37.6 Å². The third-order valence-corrected chi connectivity index (χ3v) is 4.70. The zero-order valence-electron chi connectivity index (χ0n) is 16.0. The molecule has 1 aromatic heterocycles. The molecule has 1 heterocycles. The number of para-hydroxylation sites is 1. The summed E-state index contributed by atoms with van der Waals surface area (Å²) >= 11 is 1.74. The van der Waals surface area contributed by atoms with Crippen molar-refractivity contribution in [3.8, 4) is 5.75 Å². The first-order valence-corrected chi connectivity index (χ1v) is 9.51. The molecule has 0 saturated carbocycles. The van der Waals surface area contributed by atoms with Crippen LogP contribution in [0, 0.1) is 13.8 Å². The van der Waals surface area contributed by atoms with Crippen LogP contribution in [-0.2, 0) is 6.42 Å². The molecule has 7 heteroatoms. The highest BCUT2D eigenvalue weighted by Gasteiger charge is 2.07. The van der Waals surface area contributed by atoms with Gasteiger partial charge in [0.05, 0.1) is 11.6 Å². The summed E-state index contributed by atoms with van der Waals surface area (Å²) in [6, 6.07) is 8.08. The van der Waals surface area contributed by atoms with Crippen molar-refractivity contribution in [3.05, 3.63) is 45.9 Å². The van der Waals surface area contributed by atoms with Gasteiger partial charge in [-0.15, -0.1) is 35.3 Å². The Morgan fingerprint density at radius 3 is 2.73 bits per heavy atom. The molecule has 144 valence electrons. The molecule has 0 bridgehead atoms. The number of aromatic nitrogens is 1. The van der Waals surface area contributed by atoms with E-state index >= 15 is 0 Å². The first kappa shape index (κ1) is 22.7. The molecular weight excluding hydrogens is 459 g/mol. The standard InChI is InChI=1S/C19H28N4OS.HI/c1-5-20-19(21-11-10-18-22-14-16(3)25-18)23(4)12-13-24-17-9-7-6-8-15(17)2;/h6-9,14H,5,10-13H2,1-4H3,(H,20,21);1H. The van der Waals surface area contributed by atoms with E-state index in [2.05, 4.69) is 42.0 Å². The SMILES string of the molecule is CCNC(=NCCc1ncc(C)s1)N(C)CCOc1ccccc1C.I. The maximum absolute atomic E-state index is 5.88. The zero-order valence-corrected chi connectivity index (χ0v) is 19.1. The number of ether oxygens (including phenoxy) is 1. The molecule has 0 fully saturated rings. The number of likely N-dealkylation sites (N-methyl/N-ethyl adjacent to an activating group) is 1. The van der Waals surface area contributed by atoms with E-state index in [4.69, 9.17) is 9.73 Å². The van der Waals surface area contributed by atoms with E-state index in [9.17, 15) is 0 Å². The Kier molecular flexibility index (Phi) is 10.6. The number of benzene rings is 1. The van der Waals surface area contributed by atoms with E-state index < -0.39 is 0 Å². The fourth-order valence-corrected chi connectivity index (χ4v) is 3.14. The van der Waals surface area contributed by atoms with E-state index in [0.717, 1.165) is 48.3 Å². The smallest absolute Gasteiger partial charge is 0.193 e. The summed E-state index contributed by atoms with van der Waals surface area (Å²) in [7, 11) is 2.04. The molecule has 0 spiro atoms. The number of nitrogens with zero attached hydrogens (tertiary/aromatic N) is 3. The Hall–Kier alpha value is -1.35. The van der Waals surface area contributed by atoms with Crippen molar-refractivity contribution in [3.63, 3.8) is 0 Å². The summed E-state index contributed by atoms with van der Waals surface area (Å²) in [5.41, 5.74) is 1.16. The molecule has 0 saturated heterocycles. The zero-order chi connectivity index (χ0) is 18.1. The van der Waals surface area contributed by atoms with Crippen molar-refractivity contribution < 1.29 is 4.74 Å². The number of rotatable bonds is 8.